The molecule has 2 aliphatic heterocycles. The second-order valence-electron chi connectivity index (χ2n) is 8.16. The number of piperazine rings is 1. The lowest BCUT2D eigenvalue weighted by molar-refractivity contribution is -0.148. The Labute approximate surface area is 166 Å². The monoisotopic (exact) mass is 383 g/mol. The van der Waals surface area contributed by atoms with Crippen LogP contribution in [0.3, 0.4) is 0 Å². The van der Waals surface area contributed by atoms with Gasteiger partial charge in [-0.3, -0.25) is 19.3 Å². The van der Waals surface area contributed by atoms with E-state index in [1.54, 1.807) is 0 Å². The topological polar surface area (TPSA) is 69.7 Å². The minimum Gasteiger partial charge on any atom is -0.332 e. The minimum atomic E-state index is -0.200. The Morgan fingerprint density at radius 1 is 1.07 bits per heavy atom. The Morgan fingerprint density at radius 3 is 2.32 bits per heavy atom. The third kappa shape index (κ3) is 3.46. The first kappa shape index (κ1) is 19.1. The standard InChI is InChI=1S/C22H29N3O3/c1-2-15-7-9-16(10-8-15)19-13-23-11-12-24(19)20(26)14-25-21(27)17-5-3-4-6-18(17)22(25)28/h7-10,17-19,23H,2-6,11-14H2,1H3. The number of aryl methyl sites for hydroxylation is 1. The highest BCUT2D eigenvalue weighted by atomic mass is 16.2. The zero-order valence-corrected chi connectivity index (χ0v) is 16.5. The zero-order valence-electron chi connectivity index (χ0n) is 16.5. The van der Waals surface area contributed by atoms with Crippen LogP contribution in [-0.2, 0) is 20.8 Å². The van der Waals surface area contributed by atoms with E-state index in [9.17, 15) is 14.4 Å². The smallest absolute Gasteiger partial charge is 0.243 e. The number of carbonyl (C=O) groups excluding carboxylic acids is 3. The van der Waals surface area contributed by atoms with Crippen molar-refractivity contribution in [3.8, 4) is 0 Å². The lowest BCUT2D eigenvalue weighted by Crippen LogP contribution is -2.52. The number of likely N-dealkylation sites (tertiary alicyclic amines) is 1. The van der Waals surface area contributed by atoms with Gasteiger partial charge in [0.05, 0.1) is 17.9 Å². The van der Waals surface area contributed by atoms with Gasteiger partial charge in [0.1, 0.15) is 6.54 Å². The average molecular weight is 383 g/mol. The Kier molecular flexibility index (Phi) is 5.49. The van der Waals surface area contributed by atoms with Gasteiger partial charge in [-0.15, -0.1) is 0 Å². The number of rotatable bonds is 4. The number of hydrogen-bond acceptors (Lipinski definition) is 4. The van der Waals surface area contributed by atoms with E-state index < -0.39 is 0 Å². The van der Waals surface area contributed by atoms with Gasteiger partial charge in [-0.2, -0.15) is 0 Å². The number of amides is 3. The second kappa shape index (κ2) is 8.03. The molecule has 0 spiro atoms. The largest absolute Gasteiger partial charge is 0.332 e. The molecule has 150 valence electrons. The van der Waals surface area contributed by atoms with E-state index >= 15 is 0 Å². The molecule has 3 amide bonds. The van der Waals surface area contributed by atoms with Crippen molar-refractivity contribution in [2.75, 3.05) is 26.2 Å². The predicted molar refractivity (Wildman–Crippen MR) is 105 cm³/mol. The molecule has 3 aliphatic rings. The normalized spacial score (nSPS) is 27.8. The van der Waals surface area contributed by atoms with Gasteiger partial charge in [-0.05, 0) is 30.4 Å². The number of hydrogen-bond donors (Lipinski definition) is 1. The first-order valence-corrected chi connectivity index (χ1v) is 10.5. The van der Waals surface area contributed by atoms with Crippen molar-refractivity contribution in [1.29, 1.82) is 0 Å². The average Bonchev–Trinajstić information content (AvgIpc) is 2.99. The van der Waals surface area contributed by atoms with Crippen LogP contribution in [0.5, 0.6) is 0 Å². The SMILES string of the molecule is CCc1ccc(C2CNCCN2C(=O)CN2C(=O)C3CCCCC3C2=O)cc1. The molecule has 6 heteroatoms. The molecule has 0 radical (unpaired) electrons. The van der Waals surface area contributed by atoms with Crippen LogP contribution in [0.4, 0.5) is 0 Å². The first-order valence-electron chi connectivity index (χ1n) is 10.5. The maximum absolute atomic E-state index is 13.1. The molecule has 0 aromatic heterocycles. The van der Waals surface area contributed by atoms with E-state index in [0.29, 0.717) is 13.1 Å². The Balaban J connectivity index is 1.49. The van der Waals surface area contributed by atoms with Gasteiger partial charge in [0.15, 0.2) is 0 Å². The van der Waals surface area contributed by atoms with Gasteiger partial charge in [-0.25, -0.2) is 0 Å². The maximum Gasteiger partial charge on any atom is 0.243 e. The Morgan fingerprint density at radius 2 is 1.71 bits per heavy atom. The van der Waals surface area contributed by atoms with Gasteiger partial charge in [0, 0.05) is 19.6 Å². The molecule has 3 atom stereocenters. The quantitative estimate of drug-likeness (QED) is 0.807. The highest BCUT2D eigenvalue weighted by molar-refractivity contribution is 6.07. The highest BCUT2D eigenvalue weighted by Gasteiger charge is 2.49. The van der Waals surface area contributed by atoms with E-state index in [1.807, 2.05) is 4.90 Å². The van der Waals surface area contributed by atoms with E-state index in [1.165, 1.54) is 10.5 Å². The van der Waals surface area contributed by atoms with E-state index in [2.05, 4.69) is 36.5 Å². The summed E-state index contributed by atoms with van der Waals surface area (Å²) in [5, 5.41) is 3.36. The molecule has 1 N–H and O–H groups in total. The van der Waals surface area contributed by atoms with Crippen LogP contribution in [0, 0.1) is 11.8 Å². The van der Waals surface area contributed by atoms with E-state index in [0.717, 1.165) is 44.2 Å². The molecule has 0 bridgehead atoms. The molecular weight excluding hydrogens is 354 g/mol. The van der Waals surface area contributed by atoms with Crippen LogP contribution in [-0.4, -0.2) is 53.7 Å². The predicted octanol–water partition coefficient (Wildman–Crippen LogP) is 1.90. The van der Waals surface area contributed by atoms with E-state index in [-0.39, 0.29) is 42.1 Å². The van der Waals surface area contributed by atoms with Gasteiger partial charge >= 0.3 is 0 Å². The molecule has 6 nitrogen and oxygen atoms in total. The summed E-state index contributed by atoms with van der Waals surface area (Å²) in [6.45, 7) is 4.00. The summed E-state index contributed by atoms with van der Waals surface area (Å²) in [4.78, 5) is 41.6. The fourth-order valence-corrected chi connectivity index (χ4v) is 4.89. The molecular formula is C22H29N3O3. The molecule has 2 heterocycles. The molecule has 1 aromatic carbocycles. The van der Waals surface area contributed by atoms with Gasteiger partial charge in [0.25, 0.3) is 0 Å². The van der Waals surface area contributed by atoms with Crippen molar-refractivity contribution in [2.24, 2.45) is 11.8 Å². The zero-order chi connectivity index (χ0) is 19.7. The Hall–Kier alpha value is -2.21. The highest BCUT2D eigenvalue weighted by Crippen LogP contribution is 2.38. The lowest BCUT2D eigenvalue weighted by atomic mass is 9.81. The molecule has 4 rings (SSSR count). The minimum absolute atomic E-state index is 0.0674. The number of nitrogens with zero attached hydrogens (tertiary/aromatic N) is 2. The van der Waals surface area contributed by atoms with Gasteiger partial charge in [-0.1, -0.05) is 44.0 Å². The van der Waals surface area contributed by atoms with Crippen LogP contribution in [0.25, 0.3) is 0 Å². The molecule has 28 heavy (non-hydrogen) atoms. The van der Waals surface area contributed by atoms with Crippen molar-refractivity contribution < 1.29 is 14.4 Å². The number of imide groups is 1. The summed E-state index contributed by atoms with van der Waals surface area (Å²) >= 11 is 0. The van der Waals surface area contributed by atoms with Crippen molar-refractivity contribution in [1.82, 2.24) is 15.1 Å². The van der Waals surface area contributed by atoms with Crippen molar-refractivity contribution in [2.45, 2.75) is 45.1 Å². The van der Waals surface area contributed by atoms with Gasteiger partial charge < -0.3 is 10.2 Å². The van der Waals surface area contributed by atoms with Crippen molar-refractivity contribution in [3.05, 3.63) is 35.4 Å². The first-order chi connectivity index (χ1) is 13.6. The molecule has 3 fully saturated rings. The van der Waals surface area contributed by atoms with Crippen molar-refractivity contribution >= 4 is 17.7 Å². The fraction of sp³-hybridized carbons (Fsp3) is 0.591. The summed E-state index contributed by atoms with van der Waals surface area (Å²) in [6.07, 6.45) is 4.53. The summed E-state index contributed by atoms with van der Waals surface area (Å²) < 4.78 is 0. The number of benzene rings is 1. The lowest BCUT2D eigenvalue weighted by Gasteiger charge is -2.37. The molecule has 3 unspecified atom stereocenters. The van der Waals surface area contributed by atoms with Crippen LogP contribution in [0.2, 0.25) is 0 Å². The fourth-order valence-electron chi connectivity index (χ4n) is 4.89. The van der Waals surface area contributed by atoms with Gasteiger partial charge in [0.2, 0.25) is 17.7 Å². The summed E-state index contributed by atoms with van der Waals surface area (Å²) in [5.41, 5.74) is 2.35. The molecule has 2 saturated heterocycles. The summed E-state index contributed by atoms with van der Waals surface area (Å²) in [5.74, 6) is -0.806. The summed E-state index contributed by atoms with van der Waals surface area (Å²) in [7, 11) is 0. The Bertz CT molecular complexity index is 737. The third-order valence-electron chi connectivity index (χ3n) is 6.56. The van der Waals surface area contributed by atoms with E-state index in [4.69, 9.17) is 0 Å². The number of carbonyl (C=O) groups is 3. The summed E-state index contributed by atoms with van der Waals surface area (Å²) in [6, 6.07) is 8.30. The molecule has 1 saturated carbocycles. The second-order valence-corrected chi connectivity index (χ2v) is 8.16. The van der Waals surface area contributed by atoms with Crippen LogP contribution in [0.15, 0.2) is 24.3 Å². The van der Waals surface area contributed by atoms with Crippen LogP contribution < -0.4 is 5.32 Å². The van der Waals surface area contributed by atoms with Crippen LogP contribution >= 0.6 is 0 Å². The van der Waals surface area contributed by atoms with Crippen LogP contribution in [0.1, 0.15) is 49.8 Å². The van der Waals surface area contributed by atoms with Crippen molar-refractivity contribution in [3.63, 3.8) is 0 Å². The molecule has 1 aliphatic carbocycles. The maximum atomic E-state index is 13.1. The number of nitrogens with one attached hydrogen (secondary N) is 1. The molecule has 1 aromatic rings. The number of fused-ring (bicyclic) bond motifs is 1. The third-order valence-corrected chi connectivity index (χ3v) is 6.56.